The van der Waals surface area contributed by atoms with Gasteiger partial charge in [0.25, 0.3) is 0 Å². The Hall–Kier alpha value is -2.23. The Balaban J connectivity index is 2.60. The Morgan fingerprint density at radius 1 is 1.22 bits per heavy atom. The number of esters is 1. The third-order valence-electron chi connectivity index (χ3n) is 2.65. The summed E-state index contributed by atoms with van der Waals surface area (Å²) in [6.07, 6.45) is 2.46. The average Bonchev–Trinajstić information content (AvgIpc) is 2.38. The summed E-state index contributed by atoms with van der Waals surface area (Å²) in [4.78, 5) is 15.4. The first kappa shape index (κ1) is 12.2. The van der Waals surface area contributed by atoms with Crippen molar-refractivity contribution < 1.29 is 13.9 Å². The zero-order valence-corrected chi connectivity index (χ0v) is 10.1. The minimum absolute atomic E-state index is 0.0867. The third-order valence-corrected chi connectivity index (χ3v) is 2.65. The number of ether oxygens (including phenoxy) is 1. The van der Waals surface area contributed by atoms with Crippen LogP contribution in [-0.4, -0.2) is 18.1 Å². The van der Waals surface area contributed by atoms with E-state index in [9.17, 15) is 9.18 Å². The van der Waals surface area contributed by atoms with Crippen molar-refractivity contribution in [1.82, 2.24) is 4.98 Å². The largest absolute Gasteiger partial charge is 0.465 e. The van der Waals surface area contributed by atoms with E-state index >= 15 is 0 Å². The summed E-state index contributed by atoms with van der Waals surface area (Å²) in [6, 6.07) is 7.42. The predicted molar refractivity (Wildman–Crippen MR) is 65.7 cm³/mol. The van der Waals surface area contributed by atoms with Crippen LogP contribution >= 0.6 is 0 Å². The Morgan fingerprint density at radius 2 is 1.89 bits per heavy atom. The Morgan fingerprint density at radius 3 is 2.50 bits per heavy atom. The highest BCUT2D eigenvalue weighted by Crippen LogP contribution is 2.25. The van der Waals surface area contributed by atoms with Crippen molar-refractivity contribution >= 4 is 5.97 Å². The molecule has 1 aromatic carbocycles. The van der Waals surface area contributed by atoms with E-state index in [0.29, 0.717) is 5.56 Å². The molecule has 2 rings (SSSR count). The van der Waals surface area contributed by atoms with Crippen molar-refractivity contribution in [3.8, 4) is 11.1 Å². The normalized spacial score (nSPS) is 10.2. The summed E-state index contributed by atoms with van der Waals surface area (Å²) in [7, 11) is 1.22. The highest BCUT2D eigenvalue weighted by molar-refractivity contribution is 5.97. The van der Waals surface area contributed by atoms with Gasteiger partial charge in [0, 0.05) is 11.8 Å². The van der Waals surface area contributed by atoms with Crippen LogP contribution in [0.3, 0.4) is 0 Å². The van der Waals surface area contributed by atoms with Gasteiger partial charge in [-0.3, -0.25) is 4.98 Å². The fourth-order valence-corrected chi connectivity index (χ4v) is 1.70. The van der Waals surface area contributed by atoms with E-state index in [-0.39, 0.29) is 5.56 Å². The predicted octanol–water partition coefficient (Wildman–Crippen LogP) is 2.98. The monoisotopic (exact) mass is 245 g/mol. The van der Waals surface area contributed by atoms with Crippen LogP contribution in [-0.2, 0) is 4.74 Å². The summed E-state index contributed by atoms with van der Waals surface area (Å²) in [5, 5.41) is 0. The van der Waals surface area contributed by atoms with Gasteiger partial charge in [-0.25, -0.2) is 9.18 Å². The van der Waals surface area contributed by atoms with E-state index in [1.54, 1.807) is 0 Å². The quantitative estimate of drug-likeness (QED) is 0.763. The minimum Gasteiger partial charge on any atom is -0.465 e. The van der Waals surface area contributed by atoms with E-state index in [1.807, 2.05) is 31.2 Å². The van der Waals surface area contributed by atoms with Gasteiger partial charge in [0.15, 0.2) is 5.82 Å². The van der Waals surface area contributed by atoms with E-state index in [0.717, 1.165) is 17.3 Å². The number of aromatic nitrogens is 1. The van der Waals surface area contributed by atoms with Crippen molar-refractivity contribution in [2.75, 3.05) is 7.11 Å². The summed E-state index contributed by atoms with van der Waals surface area (Å²) in [5.74, 6) is -1.38. The first-order valence-corrected chi connectivity index (χ1v) is 5.42. The zero-order chi connectivity index (χ0) is 13.1. The molecule has 18 heavy (non-hydrogen) atoms. The lowest BCUT2D eigenvalue weighted by Crippen LogP contribution is -2.07. The molecule has 3 nitrogen and oxygen atoms in total. The minimum atomic E-state index is -0.703. The lowest BCUT2D eigenvalue weighted by Gasteiger charge is -2.08. The molecule has 0 aliphatic rings. The van der Waals surface area contributed by atoms with Crippen molar-refractivity contribution in [3.63, 3.8) is 0 Å². The number of methoxy groups -OCH3 is 1. The first-order valence-electron chi connectivity index (χ1n) is 5.42. The molecular formula is C14H12FNO2. The van der Waals surface area contributed by atoms with Gasteiger partial charge in [0.2, 0.25) is 0 Å². The van der Waals surface area contributed by atoms with Crippen molar-refractivity contribution in [1.29, 1.82) is 0 Å². The fourth-order valence-electron chi connectivity index (χ4n) is 1.70. The third kappa shape index (κ3) is 2.22. The molecule has 0 N–H and O–H groups in total. The second-order valence-corrected chi connectivity index (χ2v) is 3.90. The average molecular weight is 245 g/mol. The van der Waals surface area contributed by atoms with Gasteiger partial charge in [-0.2, -0.15) is 0 Å². The number of hydrogen-bond acceptors (Lipinski definition) is 3. The Labute approximate surface area is 104 Å². The van der Waals surface area contributed by atoms with E-state index in [2.05, 4.69) is 9.72 Å². The maximum atomic E-state index is 13.7. The fraction of sp³-hybridized carbons (Fsp3) is 0.143. The maximum Gasteiger partial charge on any atom is 0.341 e. The molecular weight excluding hydrogens is 233 g/mol. The molecule has 92 valence electrons. The van der Waals surface area contributed by atoms with Crippen molar-refractivity contribution in [2.24, 2.45) is 0 Å². The standard InChI is InChI=1S/C14H12FNO2/c1-9-3-5-10(6-4-9)11-7-16-8-12(15)13(11)14(17)18-2/h3-8H,1-2H3. The molecule has 0 radical (unpaired) electrons. The SMILES string of the molecule is COC(=O)c1c(F)cncc1-c1ccc(C)cc1. The molecule has 0 atom stereocenters. The van der Waals surface area contributed by atoms with Crippen LogP contribution in [0.5, 0.6) is 0 Å². The number of halogens is 1. The molecule has 0 spiro atoms. The smallest absolute Gasteiger partial charge is 0.341 e. The van der Waals surface area contributed by atoms with Crippen LogP contribution in [0.1, 0.15) is 15.9 Å². The number of benzene rings is 1. The second-order valence-electron chi connectivity index (χ2n) is 3.90. The van der Waals surface area contributed by atoms with Gasteiger partial charge >= 0.3 is 5.97 Å². The van der Waals surface area contributed by atoms with E-state index < -0.39 is 11.8 Å². The van der Waals surface area contributed by atoms with Gasteiger partial charge in [0.05, 0.1) is 13.3 Å². The summed E-state index contributed by atoms with van der Waals surface area (Å²) >= 11 is 0. The van der Waals surface area contributed by atoms with Gasteiger partial charge in [-0.15, -0.1) is 0 Å². The molecule has 0 aliphatic heterocycles. The van der Waals surface area contributed by atoms with Crippen LogP contribution in [0.15, 0.2) is 36.7 Å². The van der Waals surface area contributed by atoms with Gasteiger partial charge in [-0.05, 0) is 12.5 Å². The molecule has 0 saturated heterocycles. The van der Waals surface area contributed by atoms with E-state index in [1.165, 1.54) is 13.3 Å². The van der Waals surface area contributed by atoms with Crippen LogP contribution in [0.2, 0.25) is 0 Å². The number of carbonyl (C=O) groups is 1. The molecule has 0 bridgehead atoms. The van der Waals surface area contributed by atoms with Gasteiger partial charge in [0.1, 0.15) is 5.56 Å². The summed E-state index contributed by atoms with van der Waals surface area (Å²) in [6.45, 7) is 1.95. The van der Waals surface area contributed by atoms with E-state index in [4.69, 9.17) is 0 Å². The number of nitrogens with zero attached hydrogens (tertiary/aromatic N) is 1. The van der Waals surface area contributed by atoms with Crippen LogP contribution < -0.4 is 0 Å². The molecule has 1 heterocycles. The molecule has 0 amide bonds. The molecule has 1 aromatic heterocycles. The van der Waals surface area contributed by atoms with Crippen LogP contribution in [0.25, 0.3) is 11.1 Å². The summed E-state index contributed by atoms with van der Waals surface area (Å²) in [5.41, 5.74) is 2.16. The number of hydrogen-bond donors (Lipinski definition) is 0. The van der Waals surface area contributed by atoms with Crippen molar-refractivity contribution in [2.45, 2.75) is 6.92 Å². The highest BCUT2D eigenvalue weighted by Gasteiger charge is 2.18. The molecule has 2 aromatic rings. The Bertz CT molecular complexity index is 579. The maximum absolute atomic E-state index is 13.7. The topological polar surface area (TPSA) is 39.2 Å². The first-order chi connectivity index (χ1) is 8.63. The molecule has 0 aliphatic carbocycles. The lowest BCUT2D eigenvalue weighted by molar-refractivity contribution is 0.0596. The Kier molecular flexibility index (Phi) is 3.37. The highest BCUT2D eigenvalue weighted by atomic mass is 19.1. The van der Waals surface area contributed by atoms with Crippen LogP contribution in [0.4, 0.5) is 4.39 Å². The lowest BCUT2D eigenvalue weighted by atomic mass is 10.0. The summed E-state index contributed by atoms with van der Waals surface area (Å²) < 4.78 is 18.3. The number of rotatable bonds is 2. The van der Waals surface area contributed by atoms with Crippen molar-refractivity contribution in [3.05, 3.63) is 53.6 Å². The molecule has 0 fully saturated rings. The zero-order valence-electron chi connectivity index (χ0n) is 10.1. The number of aryl methyl sites for hydroxylation is 1. The number of pyridine rings is 1. The number of carbonyl (C=O) groups excluding carboxylic acids is 1. The molecule has 4 heteroatoms. The molecule has 0 unspecified atom stereocenters. The van der Waals surface area contributed by atoms with Gasteiger partial charge in [-0.1, -0.05) is 29.8 Å². The van der Waals surface area contributed by atoms with Crippen LogP contribution in [0, 0.1) is 12.7 Å². The second kappa shape index (κ2) is 4.96. The van der Waals surface area contributed by atoms with Gasteiger partial charge < -0.3 is 4.74 Å². The molecule has 0 saturated carbocycles.